The quantitative estimate of drug-likeness (QED) is 0.816. The first-order chi connectivity index (χ1) is 10.5. The van der Waals surface area contributed by atoms with Crippen LogP contribution < -0.4 is 16.4 Å². The van der Waals surface area contributed by atoms with Crippen molar-refractivity contribution in [1.29, 1.82) is 0 Å². The van der Waals surface area contributed by atoms with Crippen LogP contribution in [0.5, 0.6) is 0 Å². The van der Waals surface area contributed by atoms with Crippen LogP contribution in [0.4, 0.5) is 17.6 Å². The largest absolute Gasteiger partial charge is 0.368 e. The van der Waals surface area contributed by atoms with Crippen LogP contribution in [0, 0.1) is 0 Å². The standard InChI is InChI=1S/C14H16N6OS/c1-8(22-14-18-12(15)17-13(16)19-14)11(21)20-7-6-9-4-2-3-5-10(9)20/h2-5,8H,6-7H2,1H3,(H4,15,16,17,18,19). The third kappa shape index (κ3) is 2.82. The highest BCUT2D eigenvalue weighted by molar-refractivity contribution is 8.00. The summed E-state index contributed by atoms with van der Waals surface area (Å²) in [6.45, 7) is 2.52. The SMILES string of the molecule is CC(Sc1nc(N)nc(N)n1)C(=O)N1CCc2ccccc21. The molecule has 2 aromatic rings. The fourth-order valence-corrected chi connectivity index (χ4v) is 3.27. The van der Waals surface area contributed by atoms with Gasteiger partial charge in [0.2, 0.25) is 17.8 Å². The monoisotopic (exact) mass is 316 g/mol. The zero-order valence-corrected chi connectivity index (χ0v) is 12.9. The lowest BCUT2D eigenvalue weighted by molar-refractivity contribution is -0.117. The number of amides is 1. The Hall–Kier alpha value is -2.35. The number of rotatable bonds is 3. The average Bonchev–Trinajstić information content (AvgIpc) is 2.89. The second kappa shape index (κ2) is 5.80. The number of hydrogen-bond acceptors (Lipinski definition) is 7. The van der Waals surface area contributed by atoms with Crippen LogP contribution in [0.2, 0.25) is 0 Å². The summed E-state index contributed by atoms with van der Waals surface area (Å²) in [5.41, 5.74) is 13.3. The number of fused-ring (bicyclic) bond motifs is 1. The molecule has 0 saturated heterocycles. The fraction of sp³-hybridized carbons (Fsp3) is 0.286. The van der Waals surface area contributed by atoms with Crippen LogP contribution >= 0.6 is 11.8 Å². The number of nitrogens with zero attached hydrogens (tertiary/aromatic N) is 4. The molecule has 0 fully saturated rings. The Morgan fingerprint density at radius 2 is 1.91 bits per heavy atom. The van der Waals surface area contributed by atoms with Crippen molar-refractivity contribution in [2.75, 3.05) is 22.9 Å². The van der Waals surface area contributed by atoms with E-state index in [4.69, 9.17) is 11.5 Å². The molecule has 1 aliphatic rings. The number of aromatic nitrogens is 3. The number of para-hydroxylation sites is 1. The van der Waals surface area contributed by atoms with Gasteiger partial charge >= 0.3 is 0 Å². The van der Waals surface area contributed by atoms with Gasteiger partial charge in [-0.1, -0.05) is 30.0 Å². The van der Waals surface area contributed by atoms with Crippen LogP contribution in [0.15, 0.2) is 29.4 Å². The van der Waals surface area contributed by atoms with Gasteiger partial charge in [0.1, 0.15) is 0 Å². The first-order valence-electron chi connectivity index (χ1n) is 6.87. The molecule has 1 unspecified atom stereocenters. The van der Waals surface area contributed by atoms with E-state index in [9.17, 15) is 4.79 Å². The molecule has 114 valence electrons. The third-order valence-corrected chi connectivity index (χ3v) is 4.38. The Morgan fingerprint density at radius 3 is 2.64 bits per heavy atom. The average molecular weight is 316 g/mol. The maximum Gasteiger partial charge on any atom is 0.240 e. The van der Waals surface area contributed by atoms with Crippen molar-refractivity contribution in [3.8, 4) is 0 Å². The van der Waals surface area contributed by atoms with Crippen molar-refractivity contribution >= 4 is 35.3 Å². The number of benzene rings is 1. The van der Waals surface area contributed by atoms with E-state index < -0.39 is 0 Å². The molecule has 7 nitrogen and oxygen atoms in total. The molecule has 1 aromatic carbocycles. The molecule has 1 amide bonds. The number of carbonyl (C=O) groups is 1. The van der Waals surface area contributed by atoms with E-state index in [-0.39, 0.29) is 23.1 Å². The molecule has 22 heavy (non-hydrogen) atoms. The second-order valence-electron chi connectivity index (χ2n) is 4.96. The van der Waals surface area contributed by atoms with Crippen molar-refractivity contribution in [3.63, 3.8) is 0 Å². The first-order valence-corrected chi connectivity index (χ1v) is 7.75. The molecule has 1 atom stereocenters. The molecular weight excluding hydrogens is 300 g/mol. The number of hydrogen-bond donors (Lipinski definition) is 2. The second-order valence-corrected chi connectivity index (χ2v) is 6.27. The van der Waals surface area contributed by atoms with Gasteiger partial charge in [-0.2, -0.15) is 15.0 Å². The molecule has 1 aliphatic heterocycles. The van der Waals surface area contributed by atoms with Gasteiger partial charge in [-0.05, 0) is 25.0 Å². The van der Waals surface area contributed by atoms with Gasteiger partial charge in [0.25, 0.3) is 0 Å². The van der Waals surface area contributed by atoms with Gasteiger partial charge in [0.05, 0.1) is 5.25 Å². The van der Waals surface area contributed by atoms with E-state index in [1.165, 1.54) is 17.3 Å². The van der Waals surface area contributed by atoms with Crippen LogP contribution in [0.3, 0.4) is 0 Å². The van der Waals surface area contributed by atoms with Crippen molar-refractivity contribution in [2.24, 2.45) is 0 Å². The zero-order chi connectivity index (χ0) is 15.7. The summed E-state index contributed by atoms with van der Waals surface area (Å²) < 4.78 is 0. The Labute approximate surface area is 132 Å². The number of carbonyl (C=O) groups excluding carboxylic acids is 1. The Balaban J connectivity index is 1.75. The molecule has 1 aromatic heterocycles. The Kier molecular flexibility index (Phi) is 3.84. The maximum atomic E-state index is 12.7. The molecule has 0 spiro atoms. The highest BCUT2D eigenvalue weighted by Crippen LogP contribution is 2.30. The van der Waals surface area contributed by atoms with Crippen molar-refractivity contribution in [3.05, 3.63) is 29.8 Å². The summed E-state index contributed by atoms with van der Waals surface area (Å²) in [5.74, 6) is 0.134. The summed E-state index contributed by atoms with van der Waals surface area (Å²) in [5, 5.41) is 0.0192. The van der Waals surface area contributed by atoms with E-state index >= 15 is 0 Å². The van der Waals surface area contributed by atoms with E-state index in [1.807, 2.05) is 31.2 Å². The minimum absolute atomic E-state index is 0.0208. The summed E-state index contributed by atoms with van der Waals surface area (Å²) in [7, 11) is 0. The predicted octanol–water partition coefficient (Wildman–Crippen LogP) is 1.11. The number of nitrogens with two attached hydrogens (primary N) is 2. The van der Waals surface area contributed by atoms with Crippen molar-refractivity contribution < 1.29 is 4.79 Å². The minimum atomic E-state index is -0.340. The maximum absolute atomic E-state index is 12.7. The van der Waals surface area contributed by atoms with Crippen LogP contribution in [-0.2, 0) is 11.2 Å². The lowest BCUT2D eigenvalue weighted by atomic mass is 10.2. The van der Waals surface area contributed by atoms with Crippen LogP contribution in [0.25, 0.3) is 0 Å². The molecule has 2 heterocycles. The van der Waals surface area contributed by atoms with E-state index in [2.05, 4.69) is 15.0 Å². The topological polar surface area (TPSA) is 111 Å². The Bertz CT molecular complexity index is 702. The normalized spacial score (nSPS) is 14.7. The molecule has 4 N–H and O–H groups in total. The summed E-state index contributed by atoms with van der Waals surface area (Å²) in [4.78, 5) is 26.2. The van der Waals surface area contributed by atoms with Gasteiger partial charge in [0, 0.05) is 12.2 Å². The van der Waals surface area contributed by atoms with E-state index in [1.54, 1.807) is 4.90 Å². The third-order valence-electron chi connectivity index (χ3n) is 3.43. The highest BCUT2D eigenvalue weighted by atomic mass is 32.2. The molecule has 0 bridgehead atoms. The van der Waals surface area contributed by atoms with Crippen molar-refractivity contribution in [1.82, 2.24) is 15.0 Å². The summed E-state index contributed by atoms with van der Waals surface area (Å²) in [6, 6.07) is 7.95. The van der Waals surface area contributed by atoms with Crippen molar-refractivity contribution in [2.45, 2.75) is 23.8 Å². The smallest absolute Gasteiger partial charge is 0.240 e. The molecule has 0 aliphatic carbocycles. The van der Waals surface area contributed by atoms with Gasteiger partial charge in [-0.15, -0.1) is 0 Å². The highest BCUT2D eigenvalue weighted by Gasteiger charge is 2.28. The van der Waals surface area contributed by atoms with Gasteiger partial charge in [0.15, 0.2) is 5.16 Å². The number of anilines is 3. The minimum Gasteiger partial charge on any atom is -0.368 e. The molecule has 8 heteroatoms. The molecule has 0 saturated carbocycles. The molecule has 3 rings (SSSR count). The van der Waals surface area contributed by atoms with Gasteiger partial charge in [-0.3, -0.25) is 4.79 Å². The number of thioether (sulfide) groups is 1. The fourth-order valence-electron chi connectivity index (χ4n) is 2.44. The Morgan fingerprint density at radius 1 is 1.23 bits per heavy atom. The van der Waals surface area contributed by atoms with Crippen LogP contribution in [-0.4, -0.2) is 32.7 Å². The summed E-state index contributed by atoms with van der Waals surface area (Å²) >= 11 is 1.23. The lowest BCUT2D eigenvalue weighted by Gasteiger charge is -2.20. The molecular formula is C14H16N6OS. The predicted molar refractivity (Wildman–Crippen MR) is 86.5 cm³/mol. The van der Waals surface area contributed by atoms with Gasteiger partial charge in [-0.25, -0.2) is 0 Å². The molecule has 0 radical (unpaired) electrons. The number of nitrogen functional groups attached to an aromatic ring is 2. The van der Waals surface area contributed by atoms with E-state index in [0.29, 0.717) is 11.7 Å². The zero-order valence-electron chi connectivity index (χ0n) is 12.1. The van der Waals surface area contributed by atoms with E-state index in [0.717, 1.165) is 12.1 Å². The lowest BCUT2D eigenvalue weighted by Crippen LogP contribution is -2.35. The van der Waals surface area contributed by atoms with Gasteiger partial charge < -0.3 is 16.4 Å². The summed E-state index contributed by atoms with van der Waals surface area (Å²) in [6.07, 6.45) is 0.880. The first kappa shape index (κ1) is 14.6. The van der Waals surface area contributed by atoms with Crippen LogP contribution in [0.1, 0.15) is 12.5 Å².